The van der Waals surface area contributed by atoms with Gasteiger partial charge in [0.25, 0.3) is 0 Å². The lowest BCUT2D eigenvalue weighted by molar-refractivity contribution is 0.316. The van der Waals surface area contributed by atoms with Crippen LogP contribution in [-0.2, 0) is 10.0 Å². The number of hydrogen-bond donors (Lipinski definition) is 2. The van der Waals surface area contributed by atoms with Crippen LogP contribution in [0.1, 0.15) is 18.5 Å². The van der Waals surface area contributed by atoms with Crippen molar-refractivity contribution < 1.29 is 8.42 Å². The van der Waals surface area contributed by atoms with E-state index in [4.69, 9.17) is 5.73 Å². The minimum Gasteiger partial charge on any atom is -0.327 e. The molecule has 7 heteroatoms. The molecule has 1 aromatic heterocycles. The summed E-state index contributed by atoms with van der Waals surface area (Å²) in [4.78, 5) is 0.251. The van der Waals surface area contributed by atoms with E-state index in [9.17, 15) is 8.42 Å². The number of aryl methyl sites for hydroxylation is 1. The summed E-state index contributed by atoms with van der Waals surface area (Å²) >= 11 is 0. The van der Waals surface area contributed by atoms with Gasteiger partial charge in [-0.2, -0.15) is 9.40 Å². The number of aromatic nitrogens is 2. The number of aromatic amines is 1. The second-order valence-electron chi connectivity index (χ2n) is 4.12. The lowest BCUT2D eigenvalue weighted by Gasteiger charge is -2.29. The van der Waals surface area contributed by atoms with Crippen LogP contribution in [0.5, 0.6) is 0 Å². The van der Waals surface area contributed by atoms with Crippen LogP contribution in [0, 0.1) is 6.92 Å². The van der Waals surface area contributed by atoms with Crippen LogP contribution >= 0.6 is 0 Å². The Hall–Kier alpha value is -0.920. The summed E-state index contributed by atoms with van der Waals surface area (Å²) in [5, 5.41) is 6.38. The number of sulfonamides is 1. The monoisotopic (exact) mass is 244 g/mol. The van der Waals surface area contributed by atoms with Gasteiger partial charge >= 0.3 is 0 Å². The molecule has 16 heavy (non-hydrogen) atoms. The molecule has 1 fully saturated rings. The van der Waals surface area contributed by atoms with Crippen molar-refractivity contribution in [2.75, 3.05) is 13.1 Å². The number of hydrogen-bond acceptors (Lipinski definition) is 4. The molecule has 0 radical (unpaired) electrons. The Morgan fingerprint density at radius 3 is 2.94 bits per heavy atom. The molecule has 0 unspecified atom stereocenters. The van der Waals surface area contributed by atoms with Crippen molar-refractivity contribution in [1.29, 1.82) is 0 Å². The first-order valence-electron chi connectivity index (χ1n) is 5.27. The van der Waals surface area contributed by atoms with Crippen LogP contribution in [0.4, 0.5) is 0 Å². The lowest BCUT2D eigenvalue weighted by atomic mass is 10.1. The van der Waals surface area contributed by atoms with Gasteiger partial charge in [0, 0.05) is 19.1 Å². The Bertz CT molecular complexity index is 468. The highest BCUT2D eigenvalue weighted by molar-refractivity contribution is 7.89. The summed E-state index contributed by atoms with van der Waals surface area (Å²) in [6.07, 6.45) is 3.05. The Labute approximate surface area is 94.9 Å². The zero-order chi connectivity index (χ0) is 11.8. The minimum atomic E-state index is -3.42. The smallest absolute Gasteiger partial charge is 0.246 e. The zero-order valence-electron chi connectivity index (χ0n) is 9.18. The average Bonchev–Trinajstić information content (AvgIpc) is 2.65. The van der Waals surface area contributed by atoms with Gasteiger partial charge in [-0.25, -0.2) is 8.42 Å². The molecule has 1 atom stereocenters. The normalized spacial score (nSPS) is 23.5. The fourth-order valence-electron chi connectivity index (χ4n) is 1.93. The molecule has 0 aliphatic carbocycles. The van der Waals surface area contributed by atoms with E-state index in [1.807, 2.05) is 0 Å². The predicted octanol–water partition coefficient (Wildman–Crippen LogP) is -0.170. The van der Waals surface area contributed by atoms with E-state index in [0.717, 1.165) is 12.8 Å². The third-order valence-corrected chi connectivity index (χ3v) is 4.80. The number of rotatable bonds is 2. The zero-order valence-corrected chi connectivity index (χ0v) is 10.00. The summed E-state index contributed by atoms with van der Waals surface area (Å²) in [5.41, 5.74) is 6.35. The van der Waals surface area contributed by atoms with Crippen LogP contribution in [-0.4, -0.2) is 42.1 Å². The standard InChI is InChI=1S/C9H16N4O2S/c1-7-9(5-11-12-7)16(14,15)13-4-2-3-8(10)6-13/h5,8H,2-4,6,10H2,1H3,(H,11,12)/t8-/m1/s1. The van der Waals surface area contributed by atoms with E-state index in [1.54, 1.807) is 6.92 Å². The summed E-state index contributed by atoms with van der Waals surface area (Å²) in [7, 11) is -3.42. The van der Waals surface area contributed by atoms with Crippen molar-refractivity contribution in [1.82, 2.24) is 14.5 Å². The maximum atomic E-state index is 12.2. The van der Waals surface area contributed by atoms with Gasteiger partial charge in [-0.15, -0.1) is 0 Å². The highest BCUT2D eigenvalue weighted by Gasteiger charge is 2.30. The first kappa shape index (κ1) is 11.6. The Kier molecular flexibility index (Phi) is 3.00. The molecule has 90 valence electrons. The molecule has 0 amide bonds. The van der Waals surface area contributed by atoms with E-state index in [0.29, 0.717) is 18.8 Å². The second-order valence-corrected chi connectivity index (χ2v) is 6.03. The molecule has 0 aromatic carbocycles. The van der Waals surface area contributed by atoms with Gasteiger partial charge in [0.05, 0.1) is 11.9 Å². The SMILES string of the molecule is Cc1[nH]ncc1S(=O)(=O)N1CCC[C@@H](N)C1. The summed E-state index contributed by atoms with van der Waals surface area (Å²) in [5.74, 6) is 0. The summed E-state index contributed by atoms with van der Waals surface area (Å²) < 4.78 is 25.9. The van der Waals surface area contributed by atoms with E-state index in [2.05, 4.69) is 10.2 Å². The average molecular weight is 244 g/mol. The fraction of sp³-hybridized carbons (Fsp3) is 0.667. The Balaban J connectivity index is 2.29. The number of nitrogens with one attached hydrogen (secondary N) is 1. The van der Waals surface area contributed by atoms with Crippen molar-refractivity contribution in [2.45, 2.75) is 30.7 Å². The van der Waals surface area contributed by atoms with Crippen LogP contribution < -0.4 is 5.73 Å². The second kappa shape index (κ2) is 4.15. The van der Waals surface area contributed by atoms with Gasteiger partial charge in [-0.1, -0.05) is 0 Å². The Morgan fingerprint density at radius 1 is 1.62 bits per heavy atom. The summed E-state index contributed by atoms with van der Waals surface area (Å²) in [6.45, 7) is 2.64. The maximum Gasteiger partial charge on any atom is 0.246 e. The van der Waals surface area contributed by atoms with E-state index in [-0.39, 0.29) is 10.9 Å². The van der Waals surface area contributed by atoms with Gasteiger partial charge in [0.1, 0.15) is 4.90 Å². The molecule has 2 rings (SSSR count). The molecular formula is C9H16N4O2S. The van der Waals surface area contributed by atoms with Crippen LogP contribution in [0.2, 0.25) is 0 Å². The third-order valence-electron chi connectivity index (χ3n) is 2.82. The van der Waals surface area contributed by atoms with E-state index >= 15 is 0 Å². The van der Waals surface area contributed by atoms with Gasteiger partial charge < -0.3 is 5.73 Å². The molecule has 1 aliphatic rings. The van der Waals surface area contributed by atoms with Crippen molar-refractivity contribution in [3.63, 3.8) is 0 Å². The van der Waals surface area contributed by atoms with Gasteiger partial charge in [0.15, 0.2) is 0 Å². The molecule has 1 saturated heterocycles. The number of nitrogens with two attached hydrogens (primary N) is 1. The van der Waals surface area contributed by atoms with Gasteiger partial charge in [0.2, 0.25) is 10.0 Å². The number of nitrogens with zero attached hydrogens (tertiary/aromatic N) is 2. The Morgan fingerprint density at radius 2 is 2.38 bits per heavy atom. The molecule has 0 spiro atoms. The van der Waals surface area contributed by atoms with E-state index in [1.165, 1.54) is 10.5 Å². The molecule has 3 N–H and O–H groups in total. The molecule has 0 saturated carbocycles. The van der Waals surface area contributed by atoms with Crippen LogP contribution in [0.25, 0.3) is 0 Å². The van der Waals surface area contributed by atoms with Crippen molar-refractivity contribution in [3.05, 3.63) is 11.9 Å². The van der Waals surface area contributed by atoms with Crippen molar-refractivity contribution in [2.24, 2.45) is 5.73 Å². The molecule has 0 bridgehead atoms. The van der Waals surface area contributed by atoms with Crippen LogP contribution in [0.15, 0.2) is 11.1 Å². The summed E-state index contributed by atoms with van der Waals surface area (Å²) in [6, 6.07) is -0.0595. The minimum absolute atomic E-state index is 0.0595. The quantitative estimate of drug-likeness (QED) is 0.755. The van der Waals surface area contributed by atoms with Crippen molar-refractivity contribution in [3.8, 4) is 0 Å². The van der Waals surface area contributed by atoms with Crippen LogP contribution in [0.3, 0.4) is 0 Å². The molecule has 1 aliphatic heterocycles. The molecule has 2 heterocycles. The predicted molar refractivity (Wildman–Crippen MR) is 59.3 cm³/mol. The first-order chi connectivity index (χ1) is 7.51. The van der Waals surface area contributed by atoms with E-state index < -0.39 is 10.0 Å². The van der Waals surface area contributed by atoms with Gasteiger partial charge in [-0.05, 0) is 19.8 Å². The van der Waals surface area contributed by atoms with Gasteiger partial charge in [-0.3, -0.25) is 5.10 Å². The maximum absolute atomic E-state index is 12.2. The number of piperidine rings is 1. The lowest BCUT2D eigenvalue weighted by Crippen LogP contribution is -2.45. The largest absolute Gasteiger partial charge is 0.327 e. The third kappa shape index (κ3) is 1.98. The topological polar surface area (TPSA) is 92.1 Å². The molecular weight excluding hydrogens is 228 g/mol. The molecule has 6 nitrogen and oxygen atoms in total. The highest BCUT2D eigenvalue weighted by atomic mass is 32.2. The molecule has 1 aromatic rings. The number of H-pyrrole nitrogens is 1. The van der Waals surface area contributed by atoms with Crippen molar-refractivity contribution >= 4 is 10.0 Å². The highest BCUT2D eigenvalue weighted by Crippen LogP contribution is 2.21. The first-order valence-corrected chi connectivity index (χ1v) is 6.71. The fourth-order valence-corrected chi connectivity index (χ4v) is 3.58.